The van der Waals surface area contributed by atoms with E-state index in [1.807, 2.05) is 6.20 Å². The maximum atomic E-state index is 12.0. The minimum Gasteiger partial charge on any atom is -0.357 e. The van der Waals surface area contributed by atoms with Crippen LogP contribution in [0.5, 0.6) is 0 Å². The number of carbonyl (C=O) groups is 1. The third kappa shape index (κ3) is 5.50. The number of piperidine rings is 1. The van der Waals surface area contributed by atoms with E-state index in [1.54, 1.807) is 0 Å². The highest BCUT2D eigenvalue weighted by atomic mass is 35.5. The molecule has 7 heteroatoms. The molecule has 0 radical (unpaired) electrons. The van der Waals surface area contributed by atoms with E-state index in [-0.39, 0.29) is 36.8 Å². The molecule has 1 unspecified atom stereocenters. The highest BCUT2D eigenvalue weighted by molar-refractivity contribution is 5.85. The molecule has 24 heavy (non-hydrogen) atoms. The zero-order valence-electron chi connectivity index (χ0n) is 14.2. The molecule has 0 aromatic carbocycles. The smallest absolute Gasteiger partial charge is 0.237 e. The minimum atomic E-state index is -0.0115. The molecule has 0 aliphatic carbocycles. The van der Waals surface area contributed by atoms with Gasteiger partial charge in [0.2, 0.25) is 5.91 Å². The maximum absolute atomic E-state index is 12.0. The number of halogens is 2. The Labute approximate surface area is 156 Å². The van der Waals surface area contributed by atoms with Crippen molar-refractivity contribution in [3.05, 3.63) is 23.9 Å². The molecule has 0 bridgehead atoms. The number of hydrogen-bond donors (Lipinski definition) is 2. The van der Waals surface area contributed by atoms with Crippen LogP contribution in [0.1, 0.15) is 38.2 Å². The second-order valence-corrected chi connectivity index (χ2v) is 6.56. The Hall–Kier alpha value is -1.04. The Morgan fingerprint density at radius 3 is 2.62 bits per heavy atom. The number of aromatic nitrogens is 1. The van der Waals surface area contributed by atoms with Crippen molar-refractivity contribution in [3.63, 3.8) is 0 Å². The van der Waals surface area contributed by atoms with Crippen LogP contribution in [0.25, 0.3) is 0 Å². The molecule has 2 fully saturated rings. The van der Waals surface area contributed by atoms with Gasteiger partial charge in [0.05, 0.1) is 6.04 Å². The van der Waals surface area contributed by atoms with Gasteiger partial charge < -0.3 is 15.5 Å². The predicted octanol–water partition coefficient (Wildman–Crippen LogP) is 2.53. The van der Waals surface area contributed by atoms with E-state index in [2.05, 4.69) is 39.6 Å². The highest BCUT2D eigenvalue weighted by Crippen LogP contribution is 2.21. The summed E-state index contributed by atoms with van der Waals surface area (Å²) in [4.78, 5) is 18.9. The van der Waals surface area contributed by atoms with Gasteiger partial charge in [-0.15, -0.1) is 24.8 Å². The van der Waals surface area contributed by atoms with Crippen LogP contribution in [0.3, 0.4) is 0 Å². The fourth-order valence-electron chi connectivity index (χ4n) is 3.17. The summed E-state index contributed by atoms with van der Waals surface area (Å²) in [6, 6.07) is 4.14. The van der Waals surface area contributed by atoms with E-state index < -0.39 is 0 Å². The van der Waals surface area contributed by atoms with Gasteiger partial charge in [-0.05, 0) is 49.8 Å². The number of amides is 1. The second-order valence-electron chi connectivity index (χ2n) is 6.56. The Bertz CT molecular complexity index is 498. The van der Waals surface area contributed by atoms with Gasteiger partial charge in [-0.3, -0.25) is 4.79 Å². The van der Waals surface area contributed by atoms with Crippen LogP contribution in [0.2, 0.25) is 0 Å². The molecule has 0 saturated carbocycles. The Balaban J connectivity index is 0.00000144. The van der Waals surface area contributed by atoms with Gasteiger partial charge in [0, 0.05) is 25.8 Å². The number of carbonyl (C=O) groups excluding carboxylic acids is 1. The van der Waals surface area contributed by atoms with Crippen molar-refractivity contribution in [2.75, 3.05) is 24.5 Å². The molecule has 2 N–H and O–H groups in total. The third-order valence-electron chi connectivity index (χ3n) is 4.76. The predicted molar refractivity (Wildman–Crippen MR) is 102 cm³/mol. The molecule has 1 aromatic rings. The lowest BCUT2D eigenvalue weighted by atomic mass is 9.99. The van der Waals surface area contributed by atoms with Crippen molar-refractivity contribution >= 4 is 36.5 Å². The van der Waals surface area contributed by atoms with Crippen LogP contribution in [0.15, 0.2) is 18.3 Å². The summed E-state index contributed by atoms with van der Waals surface area (Å²) in [5, 5.41) is 6.20. The van der Waals surface area contributed by atoms with Gasteiger partial charge in [-0.1, -0.05) is 13.0 Å². The van der Waals surface area contributed by atoms with Gasteiger partial charge in [0.1, 0.15) is 5.82 Å². The molecule has 2 aliphatic heterocycles. The summed E-state index contributed by atoms with van der Waals surface area (Å²) in [6.45, 7) is 6.01. The standard InChI is InChI=1S/C17H26N4O.2ClH/c1-13-6-9-21(10-7-13)16-5-4-14(11-19-16)12-20-17(22)15-3-2-8-18-15;;/h4-5,11,13,15,18H,2-3,6-10,12H2,1H3,(H,20,22);2*1H. The van der Waals surface area contributed by atoms with E-state index in [9.17, 15) is 4.79 Å². The number of nitrogens with one attached hydrogen (secondary N) is 2. The first-order chi connectivity index (χ1) is 10.7. The average molecular weight is 375 g/mol. The summed E-state index contributed by atoms with van der Waals surface area (Å²) in [5.74, 6) is 1.99. The summed E-state index contributed by atoms with van der Waals surface area (Å²) in [6.07, 6.45) is 6.40. The Morgan fingerprint density at radius 2 is 2.04 bits per heavy atom. The fourth-order valence-corrected chi connectivity index (χ4v) is 3.17. The van der Waals surface area contributed by atoms with Crippen molar-refractivity contribution in [3.8, 4) is 0 Å². The minimum absolute atomic E-state index is 0. The van der Waals surface area contributed by atoms with E-state index in [0.717, 1.165) is 49.8 Å². The molecule has 3 rings (SSSR count). The molecule has 0 spiro atoms. The molecular weight excluding hydrogens is 347 g/mol. The van der Waals surface area contributed by atoms with E-state index >= 15 is 0 Å². The molecule has 1 atom stereocenters. The molecule has 2 aliphatic rings. The van der Waals surface area contributed by atoms with E-state index in [1.165, 1.54) is 12.8 Å². The van der Waals surface area contributed by atoms with Crippen LogP contribution in [0, 0.1) is 5.92 Å². The summed E-state index contributed by atoms with van der Waals surface area (Å²) < 4.78 is 0. The monoisotopic (exact) mass is 374 g/mol. The number of rotatable bonds is 4. The number of nitrogens with zero attached hydrogens (tertiary/aromatic N) is 2. The van der Waals surface area contributed by atoms with Gasteiger partial charge >= 0.3 is 0 Å². The Kier molecular flexibility index (Phi) is 8.81. The van der Waals surface area contributed by atoms with Crippen molar-refractivity contribution in [1.29, 1.82) is 0 Å². The molecule has 1 amide bonds. The quantitative estimate of drug-likeness (QED) is 0.849. The van der Waals surface area contributed by atoms with Crippen molar-refractivity contribution < 1.29 is 4.79 Å². The summed E-state index contributed by atoms with van der Waals surface area (Å²) in [5.41, 5.74) is 1.06. The topological polar surface area (TPSA) is 57.3 Å². The van der Waals surface area contributed by atoms with Crippen molar-refractivity contribution in [1.82, 2.24) is 15.6 Å². The Morgan fingerprint density at radius 1 is 1.29 bits per heavy atom. The van der Waals surface area contributed by atoms with Gasteiger partial charge in [-0.25, -0.2) is 4.98 Å². The zero-order valence-corrected chi connectivity index (χ0v) is 15.8. The number of pyridine rings is 1. The summed E-state index contributed by atoms with van der Waals surface area (Å²) in [7, 11) is 0. The van der Waals surface area contributed by atoms with Crippen LogP contribution >= 0.6 is 24.8 Å². The molecular formula is C17H28Cl2N4O. The molecule has 1 aromatic heterocycles. The van der Waals surface area contributed by atoms with Crippen LogP contribution in [-0.2, 0) is 11.3 Å². The molecule has 5 nitrogen and oxygen atoms in total. The van der Waals surface area contributed by atoms with Crippen LogP contribution in [0.4, 0.5) is 5.82 Å². The molecule has 136 valence electrons. The average Bonchev–Trinajstić information content (AvgIpc) is 3.08. The van der Waals surface area contributed by atoms with Crippen LogP contribution < -0.4 is 15.5 Å². The van der Waals surface area contributed by atoms with Gasteiger partial charge in [-0.2, -0.15) is 0 Å². The largest absolute Gasteiger partial charge is 0.357 e. The number of anilines is 1. The van der Waals surface area contributed by atoms with Crippen LogP contribution in [-0.4, -0.2) is 36.6 Å². The normalized spacial score (nSPS) is 20.9. The third-order valence-corrected chi connectivity index (χ3v) is 4.76. The first-order valence-electron chi connectivity index (χ1n) is 8.43. The summed E-state index contributed by atoms with van der Waals surface area (Å²) >= 11 is 0. The zero-order chi connectivity index (χ0) is 15.4. The lowest BCUT2D eigenvalue weighted by molar-refractivity contribution is -0.122. The molecule has 3 heterocycles. The first-order valence-corrected chi connectivity index (χ1v) is 8.43. The van der Waals surface area contributed by atoms with Crippen molar-refractivity contribution in [2.45, 2.75) is 45.2 Å². The van der Waals surface area contributed by atoms with E-state index in [0.29, 0.717) is 6.54 Å². The first kappa shape index (κ1) is 21.0. The van der Waals surface area contributed by atoms with Crippen molar-refractivity contribution in [2.24, 2.45) is 5.92 Å². The lowest BCUT2D eigenvalue weighted by Crippen LogP contribution is -2.40. The van der Waals surface area contributed by atoms with E-state index in [4.69, 9.17) is 0 Å². The SMILES string of the molecule is CC1CCN(c2ccc(CNC(=O)C3CCCN3)cn2)CC1.Cl.Cl. The van der Waals surface area contributed by atoms with Gasteiger partial charge in [0.15, 0.2) is 0 Å². The second kappa shape index (κ2) is 10.1. The highest BCUT2D eigenvalue weighted by Gasteiger charge is 2.21. The number of hydrogen-bond acceptors (Lipinski definition) is 4. The fraction of sp³-hybridized carbons (Fsp3) is 0.647. The maximum Gasteiger partial charge on any atom is 0.237 e. The lowest BCUT2D eigenvalue weighted by Gasteiger charge is -2.31. The molecule has 2 saturated heterocycles. The van der Waals surface area contributed by atoms with Gasteiger partial charge in [0.25, 0.3) is 0 Å².